The van der Waals surface area contributed by atoms with E-state index in [1.807, 2.05) is 0 Å². The molecule has 0 aliphatic carbocycles. The van der Waals surface area contributed by atoms with Gasteiger partial charge < -0.3 is 4.74 Å². The van der Waals surface area contributed by atoms with E-state index < -0.39 is 0 Å². The highest BCUT2D eigenvalue weighted by molar-refractivity contribution is 5.52. The highest BCUT2D eigenvalue weighted by Crippen LogP contribution is 2.52. The van der Waals surface area contributed by atoms with Crippen molar-refractivity contribution in [1.29, 1.82) is 0 Å². The van der Waals surface area contributed by atoms with Gasteiger partial charge in [-0.05, 0) is 63.3 Å². The third-order valence-electron chi connectivity index (χ3n) is 6.11. The molecule has 0 amide bonds. The highest BCUT2D eigenvalue weighted by atomic mass is 16.5. The summed E-state index contributed by atoms with van der Waals surface area (Å²) in [5, 5.41) is 0. The average molecular weight is 322 g/mol. The van der Waals surface area contributed by atoms with Crippen LogP contribution in [-0.4, -0.2) is 0 Å². The Morgan fingerprint density at radius 3 is 2.21 bits per heavy atom. The van der Waals surface area contributed by atoms with Crippen LogP contribution in [0.2, 0.25) is 0 Å². The summed E-state index contributed by atoms with van der Waals surface area (Å²) in [6.45, 7) is 15.7. The van der Waals surface area contributed by atoms with E-state index in [0.717, 1.165) is 18.6 Å². The molecular weight excluding hydrogens is 292 g/mol. The van der Waals surface area contributed by atoms with Crippen molar-refractivity contribution >= 4 is 0 Å². The minimum Gasteiger partial charge on any atom is -0.482 e. The van der Waals surface area contributed by atoms with Crippen LogP contribution < -0.4 is 4.74 Å². The van der Waals surface area contributed by atoms with Gasteiger partial charge >= 0.3 is 0 Å². The molecule has 1 aliphatic rings. The number of rotatable bonds is 2. The van der Waals surface area contributed by atoms with E-state index in [9.17, 15) is 0 Å². The zero-order valence-electron chi connectivity index (χ0n) is 16.2. The molecule has 0 spiro atoms. The lowest BCUT2D eigenvalue weighted by Crippen LogP contribution is -2.43. The zero-order valence-corrected chi connectivity index (χ0v) is 16.2. The summed E-state index contributed by atoms with van der Waals surface area (Å²) in [7, 11) is 0. The molecule has 1 heteroatoms. The zero-order chi connectivity index (χ0) is 17.7. The van der Waals surface area contributed by atoms with E-state index >= 15 is 0 Å². The first-order chi connectivity index (χ1) is 11.2. The third-order valence-corrected chi connectivity index (χ3v) is 6.11. The van der Waals surface area contributed by atoms with E-state index in [-0.39, 0.29) is 11.0 Å². The molecule has 0 radical (unpaired) electrons. The second-order valence-electron chi connectivity index (χ2n) is 8.13. The van der Waals surface area contributed by atoms with Crippen molar-refractivity contribution in [2.24, 2.45) is 0 Å². The fraction of sp³-hybridized carbons (Fsp3) is 0.478. The average Bonchev–Trinajstić information content (AvgIpc) is 2.51. The van der Waals surface area contributed by atoms with E-state index in [4.69, 9.17) is 4.74 Å². The van der Waals surface area contributed by atoms with Crippen LogP contribution >= 0.6 is 0 Å². The second-order valence-corrected chi connectivity index (χ2v) is 8.13. The van der Waals surface area contributed by atoms with Crippen LogP contribution in [0.4, 0.5) is 0 Å². The smallest absolute Gasteiger partial charge is 0.132 e. The van der Waals surface area contributed by atoms with Gasteiger partial charge in [0.15, 0.2) is 0 Å². The Hall–Kier alpha value is -1.76. The minimum atomic E-state index is -0.284. The molecule has 2 aromatic rings. The summed E-state index contributed by atoms with van der Waals surface area (Å²) in [5.74, 6) is 1.10. The fourth-order valence-corrected chi connectivity index (χ4v) is 4.37. The Labute approximate surface area is 147 Å². The maximum Gasteiger partial charge on any atom is 0.132 e. The van der Waals surface area contributed by atoms with Crippen molar-refractivity contribution in [3.63, 3.8) is 0 Å². The summed E-state index contributed by atoms with van der Waals surface area (Å²) < 4.78 is 6.74. The Morgan fingerprint density at radius 2 is 1.58 bits per heavy atom. The SMILES string of the molecule is CCC1(C)CC(C)(c2ccc(C)cc2C)Oc2c1ccc(C)c2C. The van der Waals surface area contributed by atoms with Crippen LogP contribution in [0.15, 0.2) is 30.3 Å². The number of aryl methyl sites for hydroxylation is 3. The van der Waals surface area contributed by atoms with Gasteiger partial charge in [0.05, 0.1) is 0 Å². The summed E-state index contributed by atoms with van der Waals surface area (Å²) >= 11 is 0. The summed E-state index contributed by atoms with van der Waals surface area (Å²) in [5.41, 5.74) is 7.76. The molecule has 24 heavy (non-hydrogen) atoms. The maximum atomic E-state index is 6.74. The standard InChI is InChI=1S/C23H30O/c1-8-22(6)14-23(7,19-11-9-15(2)13-17(19)4)24-21-18(5)16(3)10-12-20(21)22/h9-13H,8,14H2,1-7H3. The molecule has 0 saturated carbocycles. The van der Waals surface area contributed by atoms with Crippen LogP contribution in [0.25, 0.3) is 0 Å². The van der Waals surface area contributed by atoms with Crippen LogP contribution in [0.5, 0.6) is 5.75 Å². The van der Waals surface area contributed by atoms with Gasteiger partial charge in [0.1, 0.15) is 11.4 Å². The second kappa shape index (κ2) is 5.65. The molecule has 0 fully saturated rings. The monoisotopic (exact) mass is 322 g/mol. The van der Waals surface area contributed by atoms with Gasteiger partial charge in [-0.2, -0.15) is 0 Å². The summed E-state index contributed by atoms with van der Waals surface area (Å²) in [6, 6.07) is 11.3. The van der Waals surface area contributed by atoms with E-state index in [0.29, 0.717) is 0 Å². The van der Waals surface area contributed by atoms with Crippen molar-refractivity contribution in [3.05, 3.63) is 63.7 Å². The normalized spacial score (nSPS) is 26.0. The Kier molecular flexibility index (Phi) is 4.02. The maximum absolute atomic E-state index is 6.74. The van der Waals surface area contributed by atoms with Crippen LogP contribution in [0.1, 0.15) is 67.0 Å². The van der Waals surface area contributed by atoms with Crippen molar-refractivity contribution in [2.45, 2.75) is 72.3 Å². The first kappa shape index (κ1) is 17.1. The van der Waals surface area contributed by atoms with Gasteiger partial charge in [0.2, 0.25) is 0 Å². The van der Waals surface area contributed by atoms with E-state index in [2.05, 4.69) is 78.8 Å². The molecule has 0 bridgehead atoms. The number of fused-ring (bicyclic) bond motifs is 1. The third kappa shape index (κ3) is 2.55. The molecule has 2 aromatic carbocycles. The van der Waals surface area contributed by atoms with Gasteiger partial charge in [0.25, 0.3) is 0 Å². The Bertz CT molecular complexity index is 789. The Balaban J connectivity index is 2.21. The predicted octanol–water partition coefficient (Wildman–Crippen LogP) is 6.29. The lowest BCUT2D eigenvalue weighted by Gasteiger charge is -2.47. The summed E-state index contributed by atoms with van der Waals surface area (Å²) in [6.07, 6.45) is 2.13. The molecule has 3 rings (SSSR count). The predicted molar refractivity (Wildman–Crippen MR) is 102 cm³/mol. The lowest BCUT2D eigenvalue weighted by molar-refractivity contribution is 0.0256. The number of ether oxygens (including phenoxy) is 1. The molecule has 1 heterocycles. The lowest BCUT2D eigenvalue weighted by atomic mass is 9.67. The Morgan fingerprint density at radius 1 is 0.917 bits per heavy atom. The van der Waals surface area contributed by atoms with Gasteiger partial charge in [-0.1, -0.05) is 49.7 Å². The molecule has 2 atom stereocenters. The first-order valence-corrected chi connectivity index (χ1v) is 9.07. The van der Waals surface area contributed by atoms with Crippen molar-refractivity contribution < 1.29 is 4.74 Å². The highest BCUT2D eigenvalue weighted by Gasteiger charge is 2.45. The molecule has 1 nitrogen and oxygen atoms in total. The number of hydrogen-bond acceptors (Lipinski definition) is 1. The quantitative estimate of drug-likeness (QED) is 0.631. The first-order valence-electron chi connectivity index (χ1n) is 9.07. The molecule has 1 aliphatic heterocycles. The molecular formula is C23H30O. The van der Waals surface area contributed by atoms with Crippen molar-refractivity contribution in [3.8, 4) is 5.75 Å². The van der Waals surface area contributed by atoms with Gasteiger partial charge in [-0.3, -0.25) is 0 Å². The summed E-state index contributed by atoms with van der Waals surface area (Å²) in [4.78, 5) is 0. The van der Waals surface area contributed by atoms with Crippen LogP contribution in [0, 0.1) is 27.7 Å². The van der Waals surface area contributed by atoms with Gasteiger partial charge in [-0.25, -0.2) is 0 Å². The topological polar surface area (TPSA) is 9.23 Å². The van der Waals surface area contributed by atoms with Crippen molar-refractivity contribution in [1.82, 2.24) is 0 Å². The minimum absolute atomic E-state index is 0.137. The van der Waals surface area contributed by atoms with Crippen LogP contribution in [-0.2, 0) is 11.0 Å². The van der Waals surface area contributed by atoms with E-state index in [1.165, 1.54) is 33.4 Å². The number of benzene rings is 2. The molecule has 128 valence electrons. The van der Waals surface area contributed by atoms with Gasteiger partial charge in [-0.15, -0.1) is 0 Å². The van der Waals surface area contributed by atoms with Crippen molar-refractivity contribution in [2.75, 3.05) is 0 Å². The molecule has 0 aromatic heterocycles. The van der Waals surface area contributed by atoms with E-state index in [1.54, 1.807) is 0 Å². The van der Waals surface area contributed by atoms with Crippen LogP contribution in [0.3, 0.4) is 0 Å². The van der Waals surface area contributed by atoms with Gasteiger partial charge in [0, 0.05) is 17.4 Å². The molecule has 0 N–H and O–H groups in total. The largest absolute Gasteiger partial charge is 0.482 e. The fourth-order valence-electron chi connectivity index (χ4n) is 4.37. The molecule has 2 unspecified atom stereocenters. The number of hydrogen-bond donors (Lipinski definition) is 0. The molecule has 0 saturated heterocycles.